The standard InChI is InChI=1S/C12H23NO2/c1-10(2)8-13-12(15-11(10,3)4)6-5-7-14-9-12/h13H,5-9H2,1-4H3. The summed E-state index contributed by atoms with van der Waals surface area (Å²) >= 11 is 0. The Morgan fingerprint density at radius 1 is 1.13 bits per heavy atom. The van der Waals surface area contributed by atoms with Crippen LogP contribution < -0.4 is 5.32 Å². The van der Waals surface area contributed by atoms with E-state index < -0.39 is 0 Å². The lowest BCUT2D eigenvalue weighted by Crippen LogP contribution is -2.68. The van der Waals surface area contributed by atoms with Gasteiger partial charge >= 0.3 is 0 Å². The number of hydrogen-bond acceptors (Lipinski definition) is 3. The molecule has 0 aromatic heterocycles. The van der Waals surface area contributed by atoms with E-state index in [1.807, 2.05) is 0 Å². The summed E-state index contributed by atoms with van der Waals surface area (Å²) in [5.41, 5.74) is -0.161. The number of nitrogens with one attached hydrogen (secondary N) is 1. The molecule has 0 amide bonds. The molecule has 0 saturated carbocycles. The molecule has 1 unspecified atom stereocenters. The Hall–Kier alpha value is -0.120. The maximum Gasteiger partial charge on any atom is 0.143 e. The summed E-state index contributed by atoms with van der Waals surface area (Å²) in [4.78, 5) is 0. The summed E-state index contributed by atoms with van der Waals surface area (Å²) in [6, 6.07) is 0. The molecule has 2 fully saturated rings. The van der Waals surface area contributed by atoms with Gasteiger partial charge in [-0.3, -0.25) is 5.32 Å². The molecule has 0 aliphatic carbocycles. The normalized spacial score (nSPS) is 39.2. The maximum absolute atomic E-state index is 6.28. The summed E-state index contributed by atoms with van der Waals surface area (Å²) in [6.07, 6.45) is 2.15. The van der Waals surface area contributed by atoms with Gasteiger partial charge in [0.15, 0.2) is 0 Å². The third kappa shape index (κ3) is 1.93. The zero-order valence-corrected chi connectivity index (χ0v) is 10.4. The van der Waals surface area contributed by atoms with Crippen LogP contribution in [-0.4, -0.2) is 31.1 Å². The lowest BCUT2D eigenvalue weighted by molar-refractivity contribution is -0.265. The van der Waals surface area contributed by atoms with Crippen molar-refractivity contribution in [3.63, 3.8) is 0 Å². The zero-order valence-electron chi connectivity index (χ0n) is 10.4. The van der Waals surface area contributed by atoms with Crippen LogP contribution in [0.25, 0.3) is 0 Å². The van der Waals surface area contributed by atoms with Gasteiger partial charge in [-0.1, -0.05) is 13.8 Å². The molecule has 0 radical (unpaired) electrons. The predicted molar refractivity (Wildman–Crippen MR) is 59.7 cm³/mol. The highest BCUT2D eigenvalue weighted by Gasteiger charge is 2.50. The van der Waals surface area contributed by atoms with Gasteiger partial charge in [0.05, 0.1) is 12.2 Å². The van der Waals surface area contributed by atoms with Gasteiger partial charge in [-0.2, -0.15) is 0 Å². The monoisotopic (exact) mass is 213 g/mol. The third-order valence-corrected chi connectivity index (χ3v) is 4.14. The summed E-state index contributed by atoms with van der Waals surface area (Å²) in [5.74, 6) is 0. The third-order valence-electron chi connectivity index (χ3n) is 4.14. The van der Waals surface area contributed by atoms with Crippen molar-refractivity contribution in [2.24, 2.45) is 5.41 Å². The molecule has 2 aliphatic rings. The van der Waals surface area contributed by atoms with E-state index in [2.05, 4.69) is 33.0 Å². The largest absolute Gasteiger partial charge is 0.377 e. The van der Waals surface area contributed by atoms with Gasteiger partial charge in [-0.05, 0) is 26.7 Å². The van der Waals surface area contributed by atoms with E-state index in [1.54, 1.807) is 0 Å². The Morgan fingerprint density at radius 2 is 1.87 bits per heavy atom. The van der Waals surface area contributed by atoms with Crippen molar-refractivity contribution in [2.45, 2.75) is 51.9 Å². The first-order chi connectivity index (χ1) is 6.87. The molecule has 2 rings (SSSR count). The van der Waals surface area contributed by atoms with Crippen molar-refractivity contribution in [2.75, 3.05) is 19.8 Å². The van der Waals surface area contributed by atoms with E-state index in [9.17, 15) is 0 Å². The molecule has 2 saturated heterocycles. The molecule has 1 spiro atoms. The van der Waals surface area contributed by atoms with Crippen LogP contribution in [0.15, 0.2) is 0 Å². The smallest absolute Gasteiger partial charge is 0.143 e. The van der Waals surface area contributed by atoms with Crippen LogP contribution in [0.1, 0.15) is 40.5 Å². The zero-order chi connectivity index (χ0) is 11.2. The van der Waals surface area contributed by atoms with Gasteiger partial charge in [-0.25, -0.2) is 0 Å². The second-order valence-corrected chi connectivity index (χ2v) is 6.00. The van der Waals surface area contributed by atoms with Gasteiger partial charge in [-0.15, -0.1) is 0 Å². The topological polar surface area (TPSA) is 30.5 Å². The molecular formula is C12H23NO2. The van der Waals surface area contributed by atoms with Crippen LogP contribution in [0, 0.1) is 5.41 Å². The summed E-state index contributed by atoms with van der Waals surface area (Å²) in [7, 11) is 0. The average Bonchev–Trinajstić information content (AvgIpc) is 2.14. The lowest BCUT2D eigenvalue weighted by Gasteiger charge is -2.55. The number of ether oxygens (including phenoxy) is 2. The van der Waals surface area contributed by atoms with Crippen molar-refractivity contribution in [1.82, 2.24) is 5.32 Å². The molecule has 2 heterocycles. The Balaban J connectivity index is 2.14. The quantitative estimate of drug-likeness (QED) is 0.667. The first kappa shape index (κ1) is 11.4. The van der Waals surface area contributed by atoms with Gasteiger partial charge in [0, 0.05) is 18.6 Å². The molecular weight excluding hydrogens is 190 g/mol. The molecule has 0 aromatic carbocycles. The van der Waals surface area contributed by atoms with E-state index in [1.165, 1.54) is 0 Å². The summed E-state index contributed by atoms with van der Waals surface area (Å²) < 4.78 is 11.8. The van der Waals surface area contributed by atoms with Crippen molar-refractivity contribution in [3.05, 3.63) is 0 Å². The Bertz CT molecular complexity index is 242. The lowest BCUT2D eigenvalue weighted by atomic mass is 9.74. The SMILES string of the molecule is CC1(C)CNC2(CCCOC2)OC1(C)C. The molecule has 3 heteroatoms. The van der Waals surface area contributed by atoms with E-state index in [4.69, 9.17) is 9.47 Å². The maximum atomic E-state index is 6.28. The van der Waals surface area contributed by atoms with Crippen molar-refractivity contribution in [3.8, 4) is 0 Å². The predicted octanol–water partition coefficient (Wildman–Crippen LogP) is 1.92. The summed E-state index contributed by atoms with van der Waals surface area (Å²) in [6.45, 7) is 11.4. The highest BCUT2D eigenvalue weighted by molar-refractivity contribution is 4.99. The van der Waals surface area contributed by atoms with E-state index in [0.717, 1.165) is 26.0 Å². The van der Waals surface area contributed by atoms with E-state index >= 15 is 0 Å². The Morgan fingerprint density at radius 3 is 2.40 bits per heavy atom. The second-order valence-electron chi connectivity index (χ2n) is 6.00. The molecule has 0 aromatic rings. The van der Waals surface area contributed by atoms with Crippen molar-refractivity contribution in [1.29, 1.82) is 0 Å². The van der Waals surface area contributed by atoms with Crippen molar-refractivity contribution >= 4 is 0 Å². The minimum atomic E-state index is -0.225. The Kier molecular flexibility index (Phi) is 2.61. The average molecular weight is 213 g/mol. The van der Waals surface area contributed by atoms with Crippen LogP contribution in [-0.2, 0) is 9.47 Å². The second kappa shape index (κ2) is 3.44. The summed E-state index contributed by atoms with van der Waals surface area (Å²) in [5, 5.41) is 3.53. The van der Waals surface area contributed by atoms with Crippen LogP contribution in [0.2, 0.25) is 0 Å². The van der Waals surface area contributed by atoms with Crippen LogP contribution in [0.3, 0.4) is 0 Å². The molecule has 15 heavy (non-hydrogen) atoms. The van der Waals surface area contributed by atoms with Crippen LogP contribution >= 0.6 is 0 Å². The first-order valence-corrected chi connectivity index (χ1v) is 5.90. The molecule has 88 valence electrons. The minimum Gasteiger partial charge on any atom is -0.377 e. The molecule has 3 nitrogen and oxygen atoms in total. The van der Waals surface area contributed by atoms with Crippen LogP contribution in [0.5, 0.6) is 0 Å². The van der Waals surface area contributed by atoms with E-state index in [0.29, 0.717) is 6.61 Å². The minimum absolute atomic E-state index is 0.0983. The molecule has 1 atom stereocenters. The molecule has 1 N–H and O–H groups in total. The van der Waals surface area contributed by atoms with E-state index in [-0.39, 0.29) is 16.7 Å². The fourth-order valence-corrected chi connectivity index (χ4v) is 2.25. The van der Waals surface area contributed by atoms with Gasteiger partial charge in [0.25, 0.3) is 0 Å². The fourth-order valence-electron chi connectivity index (χ4n) is 2.25. The van der Waals surface area contributed by atoms with Crippen molar-refractivity contribution < 1.29 is 9.47 Å². The molecule has 2 aliphatic heterocycles. The number of rotatable bonds is 0. The number of hydrogen-bond donors (Lipinski definition) is 1. The fraction of sp³-hybridized carbons (Fsp3) is 1.00. The molecule has 0 bridgehead atoms. The highest BCUT2D eigenvalue weighted by Crippen LogP contribution is 2.42. The van der Waals surface area contributed by atoms with Gasteiger partial charge < -0.3 is 9.47 Å². The van der Waals surface area contributed by atoms with Crippen LogP contribution in [0.4, 0.5) is 0 Å². The Labute approximate surface area is 92.5 Å². The first-order valence-electron chi connectivity index (χ1n) is 5.90. The highest BCUT2D eigenvalue weighted by atomic mass is 16.6. The van der Waals surface area contributed by atoms with Gasteiger partial charge in [0.1, 0.15) is 5.72 Å². The van der Waals surface area contributed by atoms with Gasteiger partial charge in [0.2, 0.25) is 0 Å².